The number of unbranched alkanes of at least 4 members (excludes halogenated alkanes) is 1. The van der Waals surface area contributed by atoms with Crippen LogP contribution in [0.25, 0.3) is 0 Å². The van der Waals surface area contributed by atoms with Crippen molar-refractivity contribution in [2.45, 2.75) is 31.8 Å². The maximum absolute atomic E-state index is 8.71. The lowest BCUT2D eigenvalue weighted by atomic mass is 10.1. The molecule has 1 saturated heterocycles. The Balaban J connectivity index is 2.00. The van der Waals surface area contributed by atoms with Crippen molar-refractivity contribution in [1.29, 1.82) is 0 Å². The molecule has 16 heavy (non-hydrogen) atoms. The van der Waals surface area contributed by atoms with Gasteiger partial charge in [-0.15, -0.1) is 0 Å². The molecule has 1 N–H and O–H groups in total. The smallest absolute Gasteiger partial charge is 0.0704 e. The quantitative estimate of drug-likeness (QED) is 0.630. The van der Waals surface area contributed by atoms with Gasteiger partial charge in [-0.1, -0.05) is 0 Å². The highest BCUT2D eigenvalue weighted by atomic mass is 16.5. The number of aliphatic hydroxyl groups is 1. The zero-order chi connectivity index (χ0) is 11.6. The molecular formula is C12H25NO3. The third-order valence-corrected chi connectivity index (χ3v) is 3.06. The van der Waals surface area contributed by atoms with Gasteiger partial charge < -0.3 is 19.5 Å². The molecule has 0 amide bonds. The van der Waals surface area contributed by atoms with Gasteiger partial charge in [0, 0.05) is 26.8 Å². The van der Waals surface area contributed by atoms with Gasteiger partial charge in [0.05, 0.1) is 19.3 Å². The maximum atomic E-state index is 8.71. The van der Waals surface area contributed by atoms with Crippen molar-refractivity contribution in [2.24, 2.45) is 0 Å². The summed E-state index contributed by atoms with van der Waals surface area (Å²) in [5.41, 5.74) is 0. The van der Waals surface area contributed by atoms with Gasteiger partial charge in [0.2, 0.25) is 0 Å². The van der Waals surface area contributed by atoms with E-state index in [0.29, 0.717) is 25.9 Å². The molecule has 0 saturated carbocycles. The van der Waals surface area contributed by atoms with Crippen LogP contribution in [0.15, 0.2) is 0 Å². The van der Waals surface area contributed by atoms with Crippen molar-refractivity contribution in [3.8, 4) is 0 Å². The molecule has 0 unspecified atom stereocenters. The standard InChI is InChI=1S/C12H25NO3/c1-15-10-11-16-12-4-7-13(8-5-12)6-2-3-9-14/h12,14H,2-11H2,1H3. The molecule has 96 valence electrons. The van der Waals surface area contributed by atoms with Gasteiger partial charge in [0.15, 0.2) is 0 Å². The lowest BCUT2D eigenvalue weighted by Crippen LogP contribution is -2.37. The van der Waals surface area contributed by atoms with E-state index in [9.17, 15) is 0 Å². The van der Waals surface area contributed by atoms with E-state index in [1.165, 1.54) is 0 Å². The third kappa shape index (κ3) is 5.80. The second-order valence-corrected chi connectivity index (χ2v) is 4.34. The van der Waals surface area contributed by atoms with Crippen molar-refractivity contribution in [3.05, 3.63) is 0 Å². The number of hydrogen-bond acceptors (Lipinski definition) is 4. The zero-order valence-corrected chi connectivity index (χ0v) is 10.4. The molecule has 0 aromatic heterocycles. The Kier molecular flexibility index (Phi) is 7.76. The SMILES string of the molecule is COCCOC1CCN(CCCCO)CC1. The van der Waals surface area contributed by atoms with E-state index in [0.717, 1.165) is 45.3 Å². The fourth-order valence-corrected chi connectivity index (χ4v) is 2.04. The minimum atomic E-state index is 0.316. The Labute approximate surface area is 98.5 Å². The Morgan fingerprint density at radius 3 is 2.56 bits per heavy atom. The predicted octanol–water partition coefficient (Wildman–Crippen LogP) is 0.886. The van der Waals surface area contributed by atoms with E-state index < -0.39 is 0 Å². The van der Waals surface area contributed by atoms with E-state index >= 15 is 0 Å². The number of piperidine rings is 1. The fourth-order valence-electron chi connectivity index (χ4n) is 2.04. The number of rotatable bonds is 8. The first-order valence-corrected chi connectivity index (χ1v) is 6.30. The van der Waals surface area contributed by atoms with Crippen LogP contribution in [0.4, 0.5) is 0 Å². The number of aliphatic hydroxyl groups excluding tert-OH is 1. The first-order valence-electron chi connectivity index (χ1n) is 6.30. The van der Waals surface area contributed by atoms with E-state index in [1.54, 1.807) is 7.11 Å². The molecule has 1 fully saturated rings. The van der Waals surface area contributed by atoms with Gasteiger partial charge in [-0.2, -0.15) is 0 Å². The summed E-state index contributed by atoms with van der Waals surface area (Å²) in [6.45, 7) is 5.09. The molecule has 1 rings (SSSR count). The van der Waals surface area contributed by atoms with E-state index in [1.807, 2.05) is 0 Å². The predicted molar refractivity (Wildman–Crippen MR) is 63.6 cm³/mol. The number of nitrogens with zero attached hydrogens (tertiary/aromatic N) is 1. The van der Waals surface area contributed by atoms with Crippen LogP contribution in [0.2, 0.25) is 0 Å². The minimum Gasteiger partial charge on any atom is -0.396 e. The average Bonchev–Trinajstić information content (AvgIpc) is 2.32. The number of methoxy groups -OCH3 is 1. The van der Waals surface area contributed by atoms with Crippen LogP contribution in [-0.2, 0) is 9.47 Å². The average molecular weight is 231 g/mol. The highest BCUT2D eigenvalue weighted by molar-refractivity contribution is 4.72. The number of hydrogen-bond donors (Lipinski definition) is 1. The summed E-state index contributed by atoms with van der Waals surface area (Å²) < 4.78 is 10.7. The van der Waals surface area contributed by atoms with Crippen molar-refractivity contribution in [1.82, 2.24) is 4.90 Å². The topological polar surface area (TPSA) is 41.9 Å². The van der Waals surface area contributed by atoms with Gasteiger partial charge in [-0.05, 0) is 32.2 Å². The molecule has 0 spiro atoms. The molecule has 1 aliphatic heterocycles. The van der Waals surface area contributed by atoms with Crippen molar-refractivity contribution in [2.75, 3.05) is 46.6 Å². The summed E-state index contributed by atoms with van der Waals surface area (Å²) in [6, 6.07) is 0. The van der Waals surface area contributed by atoms with E-state index in [-0.39, 0.29) is 0 Å². The maximum Gasteiger partial charge on any atom is 0.0704 e. The Bertz CT molecular complexity index is 140. The molecule has 0 bridgehead atoms. The molecule has 0 atom stereocenters. The summed E-state index contributed by atoms with van der Waals surface area (Å²) in [7, 11) is 1.70. The van der Waals surface area contributed by atoms with Crippen LogP contribution in [0.1, 0.15) is 25.7 Å². The van der Waals surface area contributed by atoms with Crippen molar-refractivity contribution >= 4 is 0 Å². The van der Waals surface area contributed by atoms with Gasteiger partial charge in [0.25, 0.3) is 0 Å². The summed E-state index contributed by atoms with van der Waals surface area (Å²) >= 11 is 0. The Morgan fingerprint density at radius 1 is 1.19 bits per heavy atom. The highest BCUT2D eigenvalue weighted by Gasteiger charge is 2.18. The van der Waals surface area contributed by atoms with Crippen LogP contribution < -0.4 is 0 Å². The summed E-state index contributed by atoms with van der Waals surface area (Å²) in [4.78, 5) is 2.46. The van der Waals surface area contributed by atoms with Crippen molar-refractivity contribution in [3.63, 3.8) is 0 Å². The van der Waals surface area contributed by atoms with E-state index in [4.69, 9.17) is 14.6 Å². The highest BCUT2D eigenvalue weighted by Crippen LogP contribution is 2.13. The fraction of sp³-hybridized carbons (Fsp3) is 1.00. The lowest BCUT2D eigenvalue weighted by Gasteiger charge is -2.31. The Hall–Kier alpha value is -0.160. The summed E-state index contributed by atoms with van der Waals surface area (Å²) in [6.07, 6.45) is 4.70. The Morgan fingerprint density at radius 2 is 1.94 bits per heavy atom. The monoisotopic (exact) mass is 231 g/mol. The molecule has 0 aliphatic carbocycles. The normalized spacial score (nSPS) is 19.1. The third-order valence-electron chi connectivity index (χ3n) is 3.06. The first kappa shape index (κ1) is 13.9. The van der Waals surface area contributed by atoms with Gasteiger partial charge in [0.1, 0.15) is 0 Å². The minimum absolute atomic E-state index is 0.316. The molecule has 1 heterocycles. The van der Waals surface area contributed by atoms with Crippen LogP contribution >= 0.6 is 0 Å². The van der Waals surface area contributed by atoms with Gasteiger partial charge >= 0.3 is 0 Å². The molecule has 4 nitrogen and oxygen atoms in total. The molecule has 0 aromatic carbocycles. The van der Waals surface area contributed by atoms with Crippen molar-refractivity contribution < 1.29 is 14.6 Å². The number of likely N-dealkylation sites (tertiary alicyclic amines) is 1. The molecule has 4 heteroatoms. The van der Waals surface area contributed by atoms with Crippen LogP contribution in [-0.4, -0.2) is 62.7 Å². The molecule has 0 radical (unpaired) electrons. The summed E-state index contributed by atoms with van der Waals surface area (Å²) in [5, 5.41) is 8.71. The van der Waals surface area contributed by atoms with Crippen LogP contribution in [0, 0.1) is 0 Å². The second kappa shape index (κ2) is 8.93. The van der Waals surface area contributed by atoms with Gasteiger partial charge in [-0.25, -0.2) is 0 Å². The molecule has 1 aliphatic rings. The second-order valence-electron chi connectivity index (χ2n) is 4.34. The zero-order valence-electron chi connectivity index (χ0n) is 10.4. The number of ether oxygens (including phenoxy) is 2. The van der Waals surface area contributed by atoms with Gasteiger partial charge in [-0.3, -0.25) is 0 Å². The molecular weight excluding hydrogens is 206 g/mol. The van der Waals surface area contributed by atoms with E-state index in [2.05, 4.69) is 4.90 Å². The first-order chi connectivity index (χ1) is 7.86. The summed E-state index contributed by atoms with van der Waals surface area (Å²) in [5.74, 6) is 0. The van der Waals surface area contributed by atoms with Crippen LogP contribution in [0.3, 0.4) is 0 Å². The molecule has 0 aromatic rings. The van der Waals surface area contributed by atoms with Crippen LogP contribution in [0.5, 0.6) is 0 Å². The lowest BCUT2D eigenvalue weighted by molar-refractivity contribution is -0.0148. The largest absolute Gasteiger partial charge is 0.396 e.